The maximum Gasteiger partial charge on any atom is 0.457 e. The lowest BCUT2D eigenvalue weighted by Gasteiger charge is -2.36. The minimum atomic E-state index is -1.15. The Morgan fingerprint density at radius 2 is 1.38 bits per heavy atom. The summed E-state index contributed by atoms with van der Waals surface area (Å²) in [6.07, 6.45) is 5.76. The zero-order valence-electron chi connectivity index (χ0n) is 30.1. The minimum Gasteiger partial charge on any atom is -0.480 e. The summed E-state index contributed by atoms with van der Waals surface area (Å²) in [7, 11) is 0.00458. The van der Waals surface area contributed by atoms with Crippen LogP contribution >= 0.6 is 0 Å². The molecule has 2 unspecified atom stereocenters. The number of hydrogen-bond acceptors (Lipinski definition) is 8. The third kappa shape index (κ3) is 17.7. The molecule has 264 valence electrons. The van der Waals surface area contributed by atoms with E-state index in [0.29, 0.717) is 12.8 Å². The van der Waals surface area contributed by atoms with Crippen molar-refractivity contribution in [3.63, 3.8) is 0 Å². The Balaban J connectivity index is 0. The maximum absolute atomic E-state index is 12.1. The van der Waals surface area contributed by atoms with Crippen molar-refractivity contribution in [2.24, 2.45) is 0 Å². The fourth-order valence-corrected chi connectivity index (χ4v) is 4.18. The van der Waals surface area contributed by atoms with Gasteiger partial charge in [-0.25, -0.2) is 14.4 Å². The second kappa shape index (κ2) is 24.7. The van der Waals surface area contributed by atoms with Crippen LogP contribution in [0.1, 0.15) is 128 Å². The predicted octanol–water partition coefficient (Wildman–Crippen LogP) is 6.41. The van der Waals surface area contributed by atoms with E-state index in [4.69, 9.17) is 18.8 Å². The van der Waals surface area contributed by atoms with E-state index in [1.807, 2.05) is 41.5 Å². The van der Waals surface area contributed by atoms with Gasteiger partial charge in [0.25, 0.3) is 0 Å². The summed E-state index contributed by atoms with van der Waals surface area (Å²) in [6, 6.07) is -1.48. The summed E-state index contributed by atoms with van der Waals surface area (Å²) in [6.45, 7) is 22.9. The number of hydrogen-bond donors (Lipinski definition) is 3. The van der Waals surface area contributed by atoms with Crippen LogP contribution in [0.5, 0.6) is 0 Å². The zero-order valence-corrected chi connectivity index (χ0v) is 30.1. The van der Waals surface area contributed by atoms with E-state index in [-0.39, 0.29) is 51.0 Å². The largest absolute Gasteiger partial charge is 0.480 e. The van der Waals surface area contributed by atoms with Crippen molar-refractivity contribution in [2.45, 2.75) is 157 Å². The number of ether oxygens (including phenoxy) is 2. The number of nitrogens with one attached hydrogen (secondary N) is 2. The average Bonchev–Trinajstić information content (AvgIpc) is 3.22. The Hall–Kier alpha value is -2.54. The van der Waals surface area contributed by atoms with E-state index >= 15 is 0 Å². The number of carboxylic acid groups (broad SMARTS) is 1. The number of unbranched alkanes of at least 4 members (excludes halogenated alkanes) is 3. The van der Waals surface area contributed by atoms with E-state index in [2.05, 4.69) is 45.3 Å². The van der Waals surface area contributed by atoms with Crippen molar-refractivity contribution >= 4 is 31.2 Å². The number of carboxylic acids is 1. The lowest BCUT2D eigenvalue weighted by Crippen LogP contribution is -2.55. The molecule has 3 N–H and O–H groups in total. The van der Waals surface area contributed by atoms with Crippen LogP contribution in [0.3, 0.4) is 0 Å². The van der Waals surface area contributed by atoms with E-state index in [1.54, 1.807) is 0 Å². The molecule has 0 saturated carbocycles. The molecule has 12 nitrogen and oxygen atoms in total. The molecule has 0 radical (unpaired) electrons. The Morgan fingerprint density at radius 1 is 0.867 bits per heavy atom. The van der Waals surface area contributed by atoms with Gasteiger partial charge in [-0.05, 0) is 59.7 Å². The van der Waals surface area contributed by atoms with E-state index in [1.165, 1.54) is 17.7 Å². The van der Waals surface area contributed by atoms with Crippen molar-refractivity contribution in [1.29, 1.82) is 0 Å². The quantitative estimate of drug-likeness (QED) is 0.152. The first-order chi connectivity index (χ1) is 21.3. The molecule has 45 heavy (non-hydrogen) atoms. The SMILES string of the molecule is CC.CC.CCCCB1OC(C)(C)C(C)(C)O1.CCCCOC(=O)NCC(=O)NC1CCN(C(=O)OCCCC)C(C(=O)O)C1. The molecule has 0 bridgehead atoms. The van der Waals surface area contributed by atoms with Crippen molar-refractivity contribution in [1.82, 2.24) is 15.5 Å². The third-order valence-corrected chi connectivity index (χ3v) is 7.43. The number of carbonyl (C=O) groups is 4. The van der Waals surface area contributed by atoms with Gasteiger partial charge in [0, 0.05) is 12.6 Å². The monoisotopic (exact) mass is 645 g/mol. The molecule has 2 aliphatic heterocycles. The predicted molar refractivity (Wildman–Crippen MR) is 178 cm³/mol. The van der Waals surface area contributed by atoms with Crippen molar-refractivity contribution < 1.29 is 43.1 Å². The summed E-state index contributed by atoms with van der Waals surface area (Å²) >= 11 is 0. The topological polar surface area (TPSA) is 153 Å². The highest BCUT2D eigenvalue weighted by atomic mass is 16.7. The summed E-state index contributed by atoms with van der Waals surface area (Å²) in [5.74, 6) is -1.59. The number of rotatable bonds is 13. The Bertz CT molecular complexity index is 827. The van der Waals surface area contributed by atoms with Gasteiger partial charge >= 0.3 is 25.3 Å². The second-order valence-corrected chi connectivity index (χ2v) is 11.5. The van der Waals surface area contributed by atoms with Crippen molar-refractivity contribution in [2.75, 3.05) is 26.3 Å². The highest BCUT2D eigenvalue weighted by molar-refractivity contribution is 6.45. The maximum atomic E-state index is 12.1. The first-order valence-corrected chi connectivity index (χ1v) is 17.0. The molecule has 2 atom stereocenters. The smallest absolute Gasteiger partial charge is 0.457 e. The van der Waals surface area contributed by atoms with Gasteiger partial charge < -0.3 is 34.5 Å². The molecular formula is C32H64BN3O9. The van der Waals surface area contributed by atoms with Crippen LogP contribution in [-0.2, 0) is 28.4 Å². The molecule has 2 aliphatic rings. The first-order valence-electron chi connectivity index (χ1n) is 17.0. The fraction of sp³-hybridized carbons (Fsp3) is 0.875. The van der Waals surface area contributed by atoms with E-state index in [9.17, 15) is 24.3 Å². The number of carbonyl (C=O) groups excluding carboxylic acids is 3. The van der Waals surface area contributed by atoms with Gasteiger partial charge in [0.2, 0.25) is 5.91 Å². The average molecular weight is 646 g/mol. The van der Waals surface area contributed by atoms with Crippen LogP contribution in [0, 0.1) is 0 Å². The highest BCUT2D eigenvalue weighted by Gasteiger charge is 2.50. The van der Waals surface area contributed by atoms with Gasteiger partial charge in [0.1, 0.15) is 12.6 Å². The molecular weight excluding hydrogens is 581 g/mol. The molecule has 13 heteroatoms. The molecule has 0 aromatic carbocycles. The lowest BCUT2D eigenvalue weighted by molar-refractivity contribution is -0.144. The van der Waals surface area contributed by atoms with Gasteiger partial charge in [-0.1, -0.05) is 74.1 Å². The summed E-state index contributed by atoms with van der Waals surface area (Å²) < 4.78 is 21.7. The zero-order chi connectivity index (χ0) is 35.1. The van der Waals surface area contributed by atoms with Crippen molar-refractivity contribution in [3.05, 3.63) is 0 Å². The molecule has 0 aromatic heterocycles. The molecule has 2 heterocycles. The fourth-order valence-electron chi connectivity index (χ4n) is 4.18. The van der Waals surface area contributed by atoms with Crippen LogP contribution in [0.4, 0.5) is 9.59 Å². The van der Waals surface area contributed by atoms with Crippen LogP contribution in [0.25, 0.3) is 0 Å². The molecule has 0 aromatic rings. The molecule has 3 amide bonds. The van der Waals surface area contributed by atoms with Gasteiger partial charge in [-0.2, -0.15) is 0 Å². The third-order valence-electron chi connectivity index (χ3n) is 7.43. The van der Waals surface area contributed by atoms with Crippen LogP contribution < -0.4 is 10.6 Å². The van der Waals surface area contributed by atoms with E-state index in [0.717, 1.165) is 25.6 Å². The number of nitrogens with zero attached hydrogens (tertiary/aromatic N) is 1. The minimum absolute atomic E-state index is 0.00458. The van der Waals surface area contributed by atoms with Gasteiger partial charge in [0.15, 0.2) is 0 Å². The molecule has 2 rings (SSSR count). The Labute approximate surface area is 273 Å². The highest BCUT2D eigenvalue weighted by Crippen LogP contribution is 2.38. The normalized spacial score (nSPS) is 19.3. The van der Waals surface area contributed by atoms with Gasteiger partial charge in [0.05, 0.1) is 24.4 Å². The molecule has 0 aliphatic carbocycles. The summed E-state index contributed by atoms with van der Waals surface area (Å²) in [4.78, 5) is 48.2. The number of likely N-dealkylation sites (tertiary alicyclic amines) is 1. The standard InChI is InChI=1S/C18H31N3O7.C10H21BO2.2C2H6/c1-3-5-9-27-17(25)19-12-15(22)20-13-7-8-21(14(11-13)16(23)24)18(26)28-10-6-4-2;1-6-7-8-11-12-9(2,3)10(4,5)13-11;2*1-2/h13-14H,3-12H2,1-2H3,(H,19,25)(H,20,22)(H,23,24);6-8H2,1-5H3;2*1-2H3. The Kier molecular flexibility index (Phi) is 24.4. The molecule has 0 spiro atoms. The Morgan fingerprint density at radius 3 is 1.87 bits per heavy atom. The van der Waals surface area contributed by atoms with Gasteiger partial charge in [-0.3, -0.25) is 9.69 Å². The molecule has 2 saturated heterocycles. The van der Waals surface area contributed by atoms with E-state index < -0.39 is 36.1 Å². The summed E-state index contributed by atoms with van der Waals surface area (Å²) in [5, 5.41) is 14.5. The van der Waals surface area contributed by atoms with Crippen molar-refractivity contribution in [3.8, 4) is 0 Å². The second-order valence-electron chi connectivity index (χ2n) is 11.5. The van der Waals surface area contributed by atoms with Crippen LogP contribution in [-0.4, -0.2) is 90.8 Å². The van der Waals surface area contributed by atoms with Crippen LogP contribution in [0.15, 0.2) is 0 Å². The summed E-state index contributed by atoms with van der Waals surface area (Å²) in [5.41, 5.74) is -0.323. The molecule has 2 fully saturated rings. The number of alkyl carbamates (subject to hydrolysis) is 1. The number of amides is 3. The van der Waals surface area contributed by atoms with Gasteiger partial charge in [-0.15, -0.1) is 0 Å². The lowest BCUT2D eigenvalue weighted by atomic mass is 9.82. The van der Waals surface area contributed by atoms with Crippen LogP contribution in [0.2, 0.25) is 6.32 Å². The number of aliphatic carboxylic acids is 1. The first kappa shape index (κ1) is 44.6. The number of piperidine rings is 1.